The Bertz CT molecular complexity index is 496. The van der Waals surface area contributed by atoms with Gasteiger partial charge in [0.05, 0.1) is 11.8 Å². The van der Waals surface area contributed by atoms with Crippen molar-refractivity contribution >= 4 is 11.9 Å². The van der Waals surface area contributed by atoms with E-state index in [-0.39, 0.29) is 11.3 Å². The molecule has 0 amide bonds. The van der Waals surface area contributed by atoms with E-state index in [0.29, 0.717) is 6.42 Å². The summed E-state index contributed by atoms with van der Waals surface area (Å²) in [6.45, 7) is 13.2. The van der Waals surface area contributed by atoms with Gasteiger partial charge in [-0.3, -0.25) is 9.59 Å². The van der Waals surface area contributed by atoms with Crippen molar-refractivity contribution in [3.8, 4) is 0 Å². The molecule has 0 bridgehead atoms. The van der Waals surface area contributed by atoms with Crippen molar-refractivity contribution in [1.29, 1.82) is 0 Å². The highest BCUT2D eigenvalue weighted by Gasteiger charge is 2.44. The molecule has 26 heavy (non-hydrogen) atoms. The average molecular weight is 382 g/mol. The number of hydrogen-bond donors (Lipinski definition) is 0. The van der Waals surface area contributed by atoms with Gasteiger partial charge in [-0.05, 0) is 38.5 Å². The number of hydrogen-bond acceptors (Lipinski definition) is 4. The van der Waals surface area contributed by atoms with Gasteiger partial charge in [0, 0.05) is 0 Å². The van der Waals surface area contributed by atoms with Gasteiger partial charge in [-0.1, -0.05) is 41.0 Å². The van der Waals surface area contributed by atoms with Crippen LogP contribution >= 0.6 is 0 Å². The molecule has 0 radical (unpaired) electrons. The summed E-state index contributed by atoms with van der Waals surface area (Å²) in [4.78, 5) is 24.5. The van der Waals surface area contributed by atoms with E-state index in [1.165, 1.54) is 13.8 Å². The quantitative estimate of drug-likeness (QED) is 0.508. The van der Waals surface area contributed by atoms with Gasteiger partial charge in [-0.2, -0.15) is 13.2 Å². The molecule has 4 nitrogen and oxygen atoms in total. The summed E-state index contributed by atoms with van der Waals surface area (Å²) in [6, 6.07) is 0. The lowest BCUT2D eigenvalue weighted by atomic mass is 9.67. The van der Waals surface area contributed by atoms with Gasteiger partial charge in [0.15, 0.2) is 6.61 Å². The van der Waals surface area contributed by atoms with Crippen molar-refractivity contribution in [3.05, 3.63) is 0 Å². The normalized spacial score (nSPS) is 15.5. The molecule has 0 aliphatic carbocycles. The van der Waals surface area contributed by atoms with E-state index in [9.17, 15) is 22.8 Å². The highest BCUT2D eigenvalue weighted by molar-refractivity contribution is 5.78. The molecule has 0 fully saturated rings. The SMILES string of the molecule is CCC(C)(C)CC(C)(C(=O)OC(C)(C)CC(=O)OCC(F)(F)F)C(C)C. The molecule has 0 rings (SSSR count). The highest BCUT2D eigenvalue weighted by Crippen LogP contribution is 2.43. The van der Waals surface area contributed by atoms with Crippen LogP contribution in [0.15, 0.2) is 0 Å². The fourth-order valence-electron chi connectivity index (χ4n) is 2.60. The average Bonchev–Trinajstić information content (AvgIpc) is 2.42. The molecular weight excluding hydrogens is 349 g/mol. The lowest BCUT2D eigenvalue weighted by Gasteiger charge is -2.40. The first-order valence-corrected chi connectivity index (χ1v) is 8.90. The third kappa shape index (κ3) is 8.41. The molecule has 1 unspecified atom stereocenters. The summed E-state index contributed by atoms with van der Waals surface area (Å²) in [7, 11) is 0. The Morgan fingerprint density at radius 1 is 1.00 bits per heavy atom. The van der Waals surface area contributed by atoms with Crippen LogP contribution in [0.25, 0.3) is 0 Å². The van der Waals surface area contributed by atoms with Crippen LogP contribution in [0.4, 0.5) is 13.2 Å². The Labute approximate surface area is 154 Å². The van der Waals surface area contributed by atoms with E-state index in [2.05, 4.69) is 18.6 Å². The van der Waals surface area contributed by atoms with Crippen LogP contribution in [-0.2, 0) is 19.1 Å². The predicted molar refractivity (Wildman–Crippen MR) is 93.4 cm³/mol. The van der Waals surface area contributed by atoms with Crippen LogP contribution in [0, 0.1) is 16.7 Å². The molecular formula is C19H33F3O4. The van der Waals surface area contributed by atoms with Crippen molar-refractivity contribution in [2.45, 2.75) is 86.4 Å². The van der Waals surface area contributed by atoms with Gasteiger partial charge in [0.1, 0.15) is 5.60 Å². The van der Waals surface area contributed by atoms with E-state index < -0.39 is 42.2 Å². The van der Waals surface area contributed by atoms with Crippen LogP contribution in [0.1, 0.15) is 74.7 Å². The van der Waals surface area contributed by atoms with Crippen LogP contribution in [-0.4, -0.2) is 30.3 Å². The fourth-order valence-corrected chi connectivity index (χ4v) is 2.60. The standard InChI is InChI=1S/C19H33F3O4/c1-9-16(4,5)11-18(8,13(2)3)15(24)26-17(6,7)10-14(23)25-12-19(20,21)22/h13H,9-12H2,1-8H3. The summed E-state index contributed by atoms with van der Waals surface area (Å²) >= 11 is 0. The number of carbonyl (C=O) groups is 2. The molecule has 0 aromatic rings. The summed E-state index contributed by atoms with van der Waals surface area (Å²) in [6.07, 6.45) is -3.55. The maximum Gasteiger partial charge on any atom is 0.422 e. The van der Waals surface area contributed by atoms with Crippen molar-refractivity contribution in [1.82, 2.24) is 0 Å². The lowest BCUT2D eigenvalue weighted by molar-refractivity contribution is -0.192. The molecule has 0 aromatic carbocycles. The third-order valence-corrected chi connectivity index (χ3v) is 4.88. The zero-order valence-electron chi connectivity index (χ0n) is 17.2. The van der Waals surface area contributed by atoms with Gasteiger partial charge in [-0.25, -0.2) is 0 Å². The predicted octanol–water partition coefficient (Wildman–Crippen LogP) is 5.29. The zero-order chi connectivity index (χ0) is 21.0. The Balaban J connectivity index is 5.08. The third-order valence-electron chi connectivity index (χ3n) is 4.88. The first-order chi connectivity index (χ1) is 11.4. The molecule has 0 aromatic heterocycles. The van der Waals surface area contributed by atoms with Crippen molar-refractivity contribution in [2.24, 2.45) is 16.7 Å². The summed E-state index contributed by atoms with van der Waals surface area (Å²) in [5.74, 6) is -1.52. The molecule has 0 heterocycles. The molecule has 0 N–H and O–H groups in total. The number of halogens is 3. The summed E-state index contributed by atoms with van der Waals surface area (Å²) in [5.41, 5.74) is -2.10. The van der Waals surface area contributed by atoms with Crippen LogP contribution in [0.2, 0.25) is 0 Å². The maximum absolute atomic E-state index is 12.9. The number of carbonyl (C=O) groups excluding carboxylic acids is 2. The Morgan fingerprint density at radius 2 is 1.50 bits per heavy atom. The molecule has 1 atom stereocenters. The van der Waals surface area contributed by atoms with Crippen molar-refractivity contribution in [3.63, 3.8) is 0 Å². The molecule has 154 valence electrons. The van der Waals surface area contributed by atoms with Gasteiger partial charge < -0.3 is 9.47 Å². The van der Waals surface area contributed by atoms with Crippen molar-refractivity contribution in [2.75, 3.05) is 6.61 Å². The van der Waals surface area contributed by atoms with Gasteiger partial charge in [-0.15, -0.1) is 0 Å². The second kappa shape index (κ2) is 8.61. The van der Waals surface area contributed by atoms with Crippen LogP contribution in [0.3, 0.4) is 0 Å². The Kier molecular flexibility index (Phi) is 8.19. The first-order valence-electron chi connectivity index (χ1n) is 8.90. The van der Waals surface area contributed by atoms with Gasteiger partial charge >= 0.3 is 18.1 Å². The molecule has 0 aliphatic heterocycles. The van der Waals surface area contributed by atoms with Crippen LogP contribution < -0.4 is 0 Å². The zero-order valence-corrected chi connectivity index (χ0v) is 17.2. The molecule has 0 aliphatic rings. The van der Waals surface area contributed by atoms with Gasteiger partial charge in [0.25, 0.3) is 0 Å². The molecule has 0 saturated carbocycles. The van der Waals surface area contributed by atoms with Crippen LogP contribution in [0.5, 0.6) is 0 Å². The van der Waals surface area contributed by atoms with E-state index in [1.807, 2.05) is 27.7 Å². The first kappa shape index (κ1) is 24.7. The molecule has 0 spiro atoms. The van der Waals surface area contributed by atoms with Crippen molar-refractivity contribution < 1.29 is 32.2 Å². The topological polar surface area (TPSA) is 52.6 Å². The Morgan fingerprint density at radius 3 is 1.88 bits per heavy atom. The Hall–Kier alpha value is -1.27. The second-order valence-corrected chi connectivity index (χ2v) is 8.87. The number of ether oxygens (including phenoxy) is 2. The smallest absolute Gasteiger partial charge is 0.422 e. The summed E-state index contributed by atoms with van der Waals surface area (Å²) in [5, 5.41) is 0. The lowest BCUT2D eigenvalue weighted by Crippen LogP contribution is -2.43. The monoisotopic (exact) mass is 382 g/mol. The summed E-state index contributed by atoms with van der Waals surface area (Å²) < 4.78 is 46.1. The minimum Gasteiger partial charge on any atom is -0.459 e. The second-order valence-electron chi connectivity index (χ2n) is 8.87. The van der Waals surface area contributed by atoms with E-state index in [1.54, 1.807) is 0 Å². The molecule has 0 saturated heterocycles. The number of alkyl halides is 3. The largest absolute Gasteiger partial charge is 0.459 e. The van der Waals surface area contributed by atoms with E-state index >= 15 is 0 Å². The van der Waals surface area contributed by atoms with E-state index in [4.69, 9.17) is 4.74 Å². The highest BCUT2D eigenvalue weighted by atomic mass is 19.4. The maximum atomic E-state index is 12.9. The number of rotatable bonds is 9. The fraction of sp³-hybridized carbons (Fsp3) is 0.895. The minimum absolute atomic E-state index is 0.00574. The number of esters is 2. The minimum atomic E-state index is -4.58. The molecule has 7 heteroatoms. The van der Waals surface area contributed by atoms with E-state index in [0.717, 1.165) is 6.42 Å². The van der Waals surface area contributed by atoms with Gasteiger partial charge in [0.2, 0.25) is 0 Å².